The van der Waals surface area contributed by atoms with Crippen LogP contribution in [0, 0.1) is 17.0 Å². The van der Waals surface area contributed by atoms with Gasteiger partial charge < -0.3 is 5.32 Å². The lowest BCUT2D eigenvalue weighted by molar-refractivity contribution is -0.296. The van der Waals surface area contributed by atoms with Crippen LogP contribution in [0.3, 0.4) is 0 Å². The molecule has 1 aromatic rings. The summed E-state index contributed by atoms with van der Waals surface area (Å²) in [6, 6.07) is 3.11. The van der Waals surface area contributed by atoms with Crippen LogP contribution < -0.4 is 5.32 Å². The number of hydrogen-bond donors (Lipinski definition) is 1. The molecule has 1 N–H and O–H groups in total. The van der Waals surface area contributed by atoms with Crippen molar-refractivity contribution in [1.29, 1.82) is 0 Å². The summed E-state index contributed by atoms with van der Waals surface area (Å²) in [5.74, 6) is -0.178. The standard InChI is InChI=1S/C12H16Cl2N2O/c1-7(12(2,3)4)15-11(17)8-5-9(13)16-10(14)6-8/h5-7,13H,1-4H3/p+1. The van der Waals surface area contributed by atoms with E-state index in [9.17, 15) is 4.79 Å². The Kier molecular flexibility index (Phi) is 4.39. The summed E-state index contributed by atoms with van der Waals surface area (Å²) >= 11 is 10.7. The molecule has 1 aromatic heterocycles. The molecule has 0 fully saturated rings. The molecule has 0 aliphatic carbocycles. The Hall–Kier alpha value is -0.800. The number of carbonyl (C=O) groups excluding carboxylic acids is 1. The second-order valence-electron chi connectivity index (χ2n) is 5.08. The van der Waals surface area contributed by atoms with Crippen LogP contribution in [-0.4, -0.2) is 16.9 Å². The Morgan fingerprint density at radius 3 is 2.53 bits per heavy atom. The van der Waals surface area contributed by atoms with E-state index in [1.807, 2.05) is 6.92 Å². The van der Waals surface area contributed by atoms with Crippen LogP contribution in [0.2, 0.25) is 10.3 Å². The van der Waals surface area contributed by atoms with Gasteiger partial charge in [0.25, 0.3) is 5.91 Å². The summed E-state index contributed by atoms with van der Waals surface area (Å²) < 4.78 is 0. The van der Waals surface area contributed by atoms with E-state index >= 15 is 0 Å². The summed E-state index contributed by atoms with van der Waals surface area (Å²) in [5.41, 5.74) is 0.453. The van der Waals surface area contributed by atoms with Crippen molar-refractivity contribution < 1.29 is 16.4 Å². The zero-order chi connectivity index (χ0) is 13.2. The van der Waals surface area contributed by atoms with Crippen LogP contribution in [0.1, 0.15) is 38.1 Å². The number of halogens is 2. The zero-order valence-corrected chi connectivity index (χ0v) is 11.9. The van der Waals surface area contributed by atoms with E-state index in [-0.39, 0.29) is 22.5 Å². The molecule has 0 saturated heterocycles. The molecule has 17 heavy (non-hydrogen) atoms. The molecular weight excluding hydrogens is 259 g/mol. The van der Waals surface area contributed by atoms with Gasteiger partial charge in [0.1, 0.15) is 5.15 Å². The van der Waals surface area contributed by atoms with E-state index < -0.39 is 0 Å². The topological polar surface area (TPSA) is 42.0 Å². The van der Waals surface area contributed by atoms with E-state index in [1.165, 1.54) is 6.07 Å². The first-order valence-corrected chi connectivity index (χ1v) is 6.14. The van der Waals surface area contributed by atoms with Crippen molar-refractivity contribution >= 4 is 17.5 Å². The summed E-state index contributed by atoms with van der Waals surface area (Å²) in [5, 5.41) is 3.49. The van der Waals surface area contributed by atoms with Crippen molar-refractivity contribution in [2.45, 2.75) is 33.7 Å². The first-order valence-electron chi connectivity index (χ1n) is 5.35. The van der Waals surface area contributed by atoms with Crippen molar-refractivity contribution in [3.8, 4) is 0 Å². The molecule has 1 heterocycles. The molecule has 1 amide bonds. The Labute approximate surface area is 112 Å². The van der Waals surface area contributed by atoms with Crippen LogP contribution in [0.4, 0.5) is 0 Å². The van der Waals surface area contributed by atoms with Crippen molar-refractivity contribution in [3.05, 3.63) is 28.0 Å². The van der Waals surface area contributed by atoms with Gasteiger partial charge in [-0.05, 0) is 18.4 Å². The highest BCUT2D eigenvalue weighted by Gasteiger charge is 2.22. The maximum Gasteiger partial charge on any atom is 0.320 e. The van der Waals surface area contributed by atoms with Crippen molar-refractivity contribution in [2.75, 3.05) is 0 Å². The van der Waals surface area contributed by atoms with Crippen LogP contribution in [0.25, 0.3) is 0 Å². The molecule has 0 radical (unpaired) electrons. The largest absolute Gasteiger partial charge is 0.349 e. The number of rotatable bonds is 2. The lowest BCUT2D eigenvalue weighted by Crippen LogP contribution is -2.41. The SMILES string of the molecule is CC(NC(=O)c1cc(Cl)nc([ClH+])c1)C(C)(C)C. The van der Waals surface area contributed by atoms with Crippen LogP contribution in [0.5, 0.6) is 0 Å². The molecule has 0 aliphatic heterocycles. The van der Waals surface area contributed by atoms with E-state index in [0.717, 1.165) is 0 Å². The van der Waals surface area contributed by atoms with Crippen LogP contribution >= 0.6 is 11.6 Å². The third-order valence-electron chi connectivity index (χ3n) is 2.68. The molecule has 94 valence electrons. The number of amides is 1. The summed E-state index contributed by atoms with van der Waals surface area (Å²) in [4.78, 5) is 15.8. The average molecular weight is 276 g/mol. The van der Waals surface area contributed by atoms with Crippen molar-refractivity contribution in [3.63, 3.8) is 0 Å². The molecule has 0 saturated carbocycles. The highest BCUT2D eigenvalue weighted by atomic mass is 35.5. The highest BCUT2D eigenvalue weighted by molar-refractivity contribution is 6.29. The molecule has 1 atom stereocenters. The third kappa shape index (κ3) is 4.17. The molecule has 0 aromatic carbocycles. The number of nitrogens with one attached hydrogen (secondary N) is 1. The Morgan fingerprint density at radius 1 is 1.47 bits per heavy atom. The monoisotopic (exact) mass is 275 g/mol. The van der Waals surface area contributed by atoms with Crippen LogP contribution in [-0.2, 0) is 0 Å². The lowest BCUT2D eigenvalue weighted by Gasteiger charge is -2.28. The van der Waals surface area contributed by atoms with Gasteiger partial charge in [0.05, 0.1) is 0 Å². The minimum absolute atomic E-state index is 0.00325. The molecule has 1 rings (SSSR count). The van der Waals surface area contributed by atoms with Gasteiger partial charge in [-0.25, -0.2) is 0 Å². The van der Waals surface area contributed by atoms with E-state index in [0.29, 0.717) is 10.7 Å². The molecule has 0 bridgehead atoms. The average Bonchev–Trinajstić information content (AvgIpc) is 2.14. The number of nitrogens with zero attached hydrogens (tertiary/aromatic N) is 1. The Morgan fingerprint density at radius 2 is 2.06 bits per heavy atom. The minimum atomic E-state index is -0.178. The number of carbonyl (C=O) groups is 1. The highest BCUT2D eigenvalue weighted by Crippen LogP contribution is 2.19. The molecule has 1 unspecified atom stereocenters. The Balaban J connectivity index is 2.84. The van der Waals surface area contributed by atoms with Gasteiger partial charge in [0.15, 0.2) is 11.6 Å². The van der Waals surface area contributed by atoms with Gasteiger partial charge in [-0.2, -0.15) is 4.98 Å². The molecule has 0 aliphatic rings. The summed E-state index contributed by atoms with van der Waals surface area (Å²) in [7, 11) is 0. The predicted molar refractivity (Wildman–Crippen MR) is 66.2 cm³/mol. The number of aromatic nitrogens is 1. The van der Waals surface area contributed by atoms with Crippen molar-refractivity contribution in [1.82, 2.24) is 10.3 Å². The zero-order valence-electron chi connectivity index (χ0n) is 10.4. The Bertz CT molecular complexity index is 407. The number of hydrogen-bond acceptors (Lipinski definition) is 2. The lowest BCUT2D eigenvalue weighted by atomic mass is 9.88. The summed E-state index contributed by atoms with van der Waals surface area (Å²) in [6.45, 7) is 8.16. The first-order chi connectivity index (χ1) is 7.70. The molecule has 5 heteroatoms. The maximum atomic E-state index is 12.0. The molecule has 3 nitrogen and oxygen atoms in total. The second-order valence-corrected chi connectivity index (χ2v) is 5.88. The predicted octanol–water partition coefficient (Wildman–Crippen LogP) is 2.60. The second kappa shape index (κ2) is 5.23. The van der Waals surface area contributed by atoms with E-state index in [1.54, 1.807) is 6.07 Å². The minimum Gasteiger partial charge on any atom is -0.349 e. The van der Waals surface area contributed by atoms with Gasteiger partial charge in [-0.1, -0.05) is 32.4 Å². The van der Waals surface area contributed by atoms with Crippen LogP contribution in [0.15, 0.2) is 12.1 Å². The smallest absolute Gasteiger partial charge is 0.320 e. The fourth-order valence-corrected chi connectivity index (χ4v) is 1.58. The third-order valence-corrected chi connectivity index (χ3v) is 3.08. The quantitative estimate of drug-likeness (QED) is 0.844. The molecule has 0 spiro atoms. The van der Waals surface area contributed by atoms with E-state index in [4.69, 9.17) is 23.2 Å². The first kappa shape index (κ1) is 14.3. The normalized spacial score (nSPS) is 13.3. The van der Waals surface area contributed by atoms with Gasteiger partial charge in [0.2, 0.25) is 0 Å². The van der Waals surface area contributed by atoms with Gasteiger partial charge >= 0.3 is 5.15 Å². The fraction of sp³-hybridized carbons (Fsp3) is 0.500. The summed E-state index contributed by atoms with van der Waals surface area (Å²) in [6.07, 6.45) is 0. The van der Waals surface area contributed by atoms with Gasteiger partial charge in [-0.3, -0.25) is 4.79 Å². The molecular formula is C12H17Cl2N2O+. The number of pyridine rings is 1. The van der Waals surface area contributed by atoms with Gasteiger partial charge in [0, 0.05) is 17.7 Å². The van der Waals surface area contributed by atoms with Gasteiger partial charge in [-0.15, -0.1) is 0 Å². The van der Waals surface area contributed by atoms with Crippen molar-refractivity contribution in [2.24, 2.45) is 5.41 Å². The maximum absolute atomic E-state index is 12.0. The fourth-order valence-electron chi connectivity index (χ4n) is 1.10. The van der Waals surface area contributed by atoms with E-state index in [2.05, 4.69) is 31.1 Å².